The first-order chi connectivity index (χ1) is 11.1. The Bertz CT molecular complexity index is 510. The Hall–Kier alpha value is -0.300. The number of allylic oxidation sites excluding steroid dienone is 2. The van der Waals surface area contributed by atoms with E-state index >= 15 is 0 Å². The van der Waals surface area contributed by atoms with Gasteiger partial charge in [-0.3, -0.25) is 0 Å². The molecule has 0 aromatic rings. The molecule has 0 saturated heterocycles. The van der Waals surface area contributed by atoms with Crippen LogP contribution >= 0.6 is 0 Å². The minimum absolute atomic E-state index is 0.00102. The van der Waals surface area contributed by atoms with Gasteiger partial charge in [-0.2, -0.15) is 0 Å². The Morgan fingerprint density at radius 1 is 0.913 bits per heavy atom. The van der Waals surface area contributed by atoms with E-state index in [0.29, 0.717) is 10.8 Å². The summed E-state index contributed by atoms with van der Waals surface area (Å²) in [6, 6.07) is 0. The molecule has 1 nitrogen and oxygen atoms in total. The Balaban J connectivity index is 1.46. The quantitative estimate of drug-likeness (QED) is 0.599. The van der Waals surface area contributed by atoms with Crippen LogP contribution in [0.5, 0.6) is 0 Å². The fourth-order valence-electron chi connectivity index (χ4n) is 8.48. The van der Waals surface area contributed by atoms with E-state index in [9.17, 15) is 5.11 Å². The lowest BCUT2D eigenvalue weighted by Gasteiger charge is -2.61. The number of aliphatic hydroxyl groups is 1. The van der Waals surface area contributed by atoms with E-state index < -0.39 is 0 Å². The lowest BCUT2D eigenvalue weighted by molar-refractivity contribution is -0.130. The summed E-state index contributed by atoms with van der Waals surface area (Å²) in [5, 5.41) is 10.2. The highest BCUT2D eigenvalue weighted by Gasteiger charge is 2.61. The van der Waals surface area contributed by atoms with Crippen molar-refractivity contribution in [2.75, 3.05) is 0 Å². The molecule has 0 bridgehead atoms. The molecule has 1 spiro atoms. The van der Waals surface area contributed by atoms with Crippen molar-refractivity contribution in [3.05, 3.63) is 12.2 Å². The molecule has 1 heteroatoms. The first-order valence-corrected chi connectivity index (χ1v) is 10.5. The summed E-state index contributed by atoms with van der Waals surface area (Å²) in [5.74, 6) is 4.73. The zero-order valence-corrected chi connectivity index (χ0v) is 14.8. The molecule has 5 aliphatic carbocycles. The highest BCUT2D eigenvalue weighted by atomic mass is 16.3. The molecule has 0 amide bonds. The minimum Gasteiger partial charge on any atom is -0.393 e. The molecule has 23 heavy (non-hydrogen) atoms. The maximum Gasteiger partial charge on any atom is 0.0543 e. The van der Waals surface area contributed by atoms with Crippen LogP contribution in [-0.2, 0) is 0 Å². The summed E-state index contributed by atoms with van der Waals surface area (Å²) in [6.45, 7) is 2.62. The highest BCUT2D eigenvalue weighted by molar-refractivity contribution is 5.16. The molecular weight excluding hydrogens is 280 g/mol. The molecule has 0 aromatic carbocycles. The van der Waals surface area contributed by atoms with Gasteiger partial charge in [0.2, 0.25) is 0 Å². The van der Waals surface area contributed by atoms with E-state index in [1.54, 1.807) is 0 Å². The summed E-state index contributed by atoms with van der Waals surface area (Å²) in [5.41, 5.74) is 1.25. The molecule has 0 radical (unpaired) electrons. The van der Waals surface area contributed by atoms with E-state index in [2.05, 4.69) is 19.1 Å². The molecular formula is C22H34O. The molecule has 0 aliphatic heterocycles. The maximum absolute atomic E-state index is 10.2. The average molecular weight is 315 g/mol. The predicted octanol–water partition coefficient (Wildman–Crippen LogP) is 5.34. The van der Waals surface area contributed by atoms with Crippen LogP contribution in [0.25, 0.3) is 0 Å². The fourth-order valence-corrected chi connectivity index (χ4v) is 8.48. The molecule has 0 heterocycles. The smallest absolute Gasteiger partial charge is 0.0543 e. The van der Waals surface area contributed by atoms with Crippen LogP contribution in [0.2, 0.25) is 0 Å². The number of aliphatic hydroxyl groups excluding tert-OH is 1. The Morgan fingerprint density at radius 3 is 2.74 bits per heavy atom. The van der Waals surface area contributed by atoms with Gasteiger partial charge in [-0.05, 0) is 111 Å². The zero-order valence-electron chi connectivity index (χ0n) is 14.8. The van der Waals surface area contributed by atoms with Crippen molar-refractivity contribution in [3.8, 4) is 0 Å². The second-order valence-electron chi connectivity index (χ2n) is 10.0. The first kappa shape index (κ1) is 15.0. The number of rotatable bonds is 0. The molecule has 128 valence electrons. The molecule has 4 saturated carbocycles. The van der Waals surface area contributed by atoms with Crippen LogP contribution < -0.4 is 0 Å². The van der Waals surface area contributed by atoms with Crippen LogP contribution in [0.1, 0.15) is 77.6 Å². The van der Waals surface area contributed by atoms with Gasteiger partial charge in [-0.25, -0.2) is 0 Å². The first-order valence-electron chi connectivity index (χ1n) is 10.5. The van der Waals surface area contributed by atoms with Gasteiger partial charge in [-0.15, -0.1) is 0 Å². The van der Waals surface area contributed by atoms with Crippen LogP contribution in [-0.4, -0.2) is 11.2 Å². The molecule has 0 aromatic heterocycles. The van der Waals surface area contributed by atoms with Crippen molar-refractivity contribution in [1.82, 2.24) is 0 Å². The van der Waals surface area contributed by atoms with Crippen molar-refractivity contribution < 1.29 is 5.11 Å². The summed E-state index contributed by atoms with van der Waals surface area (Å²) in [4.78, 5) is 0. The zero-order chi connectivity index (χ0) is 15.7. The highest BCUT2D eigenvalue weighted by Crippen LogP contribution is 2.69. The number of hydrogen-bond donors (Lipinski definition) is 1. The largest absolute Gasteiger partial charge is 0.393 e. The average Bonchev–Trinajstić information content (AvgIpc) is 2.95. The number of fused-ring (bicyclic) bond motifs is 4. The van der Waals surface area contributed by atoms with Crippen molar-refractivity contribution in [2.24, 2.45) is 40.4 Å². The lowest BCUT2D eigenvalue weighted by Crippen LogP contribution is -2.54. The molecule has 5 rings (SSSR count). The van der Waals surface area contributed by atoms with E-state index in [-0.39, 0.29) is 6.10 Å². The molecule has 4 fully saturated rings. The van der Waals surface area contributed by atoms with Gasteiger partial charge in [0.25, 0.3) is 0 Å². The third kappa shape index (κ3) is 1.95. The Labute approximate surface area is 141 Å². The maximum atomic E-state index is 10.2. The van der Waals surface area contributed by atoms with Crippen molar-refractivity contribution in [3.63, 3.8) is 0 Å². The second-order valence-corrected chi connectivity index (χ2v) is 10.0. The van der Waals surface area contributed by atoms with Gasteiger partial charge < -0.3 is 5.11 Å². The molecule has 8 atom stereocenters. The number of hydrogen-bond acceptors (Lipinski definition) is 1. The van der Waals surface area contributed by atoms with Crippen LogP contribution in [0.15, 0.2) is 12.2 Å². The topological polar surface area (TPSA) is 20.2 Å². The van der Waals surface area contributed by atoms with Gasteiger partial charge in [0.15, 0.2) is 0 Å². The predicted molar refractivity (Wildman–Crippen MR) is 93.9 cm³/mol. The summed E-state index contributed by atoms with van der Waals surface area (Å²) >= 11 is 0. The Kier molecular flexibility index (Phi) is 3.32. The third-order valence-electron chi connectivity index (χ3n) is 9.57. The van der Waals surface area contributed by atoms with Crippen molar-refractivity contribution in [1.29, 1.82) is 0 Å². The SMILES string of the molecule is C[C@]12CC[C@@H](O)C[C@@H]1CC[C@@H]1[C@@H]2CC[C@]23CCC=C[C@H]2CC[C@@H]13. The van der Waals surface area contributed by atoms with Gasteiger partial charge in [0.05, 0.1) is 6.10 Å². The fraction of sp³-hybridized carbons (Fsp3) is 0.909. The summed E-state index contributed by atoms with van der Waals surface area (Å²) in [6.07, 6.45) is 20.2. The van der Waals surface area contributed by atoms with Gasteiger partial charge in [-0.1, -0.05) is 19.1 Å². The van der Waals surface area contributed by atoms with Crippen molar-refractivity contribution in [2.45, 2.75) is 83.7 Å². The minimum atomic E-state index is -0.00102. The third-order valence-corrected chi connectivity index (χ3v) is 9.57. The van der Waals surface area contributed by atoms with E-state index in [1.165, 1.54) is 57.8 Å². The van der Waals surface area contributed by atoms with Crippen LogP contribution in [0.4, 0.5) is 0 Å². The standard InChI is InChI=1S/C22H34O/c1-21-12-9-17(23)14-16(21)5-7-18-19(21)10-13-22-11-3-2-4-15(22)6-8-20(18)22/h2,4,15-20,23H,3,5-14H2,1H3/t15-,16-,17+,18+,19-,20-,21-,22+/m0/s1. The van der Waals surface area contributed by atoms with Gasteiger partial charge in [0.1, 0.15) is 0 Å². The molecule has 5 aliphatic rings. The second kappa shape index (κ2) is 5.10. The van der Waals surface area contributed by atoms with E-state index in [1.807, 2.05) is 0 Å². The Morgan fingerprint density at radius 2 is 1.83 bits per heavy atom. The van der Waals surface area contributed by atoms with Gasteiger partial charge >= 0.3 is 0 Å². The lowest BCUT2D eigenvalue weighted by atomic mass is 9.43. The summed E-state index contributed by atoms with van der Waals surface area (Å²) < 4.78 is 0. The molecule has 1 N–H and O–H groups in total. The van der Waals surface area contributed by atoms with E-state index in [0.717, 1.165) is 42.4 Å². The van der Waals surface area contributed by atoms with Gasteiger partial charge in [0, 0.05) is 0 Å². The van der Waals surface area contributed by atoms with Crippen LogP contribution in [0.3, 0.4) is 0 Å². The van der Waals surface area contributed by atoms with E-state index in [4.69, 9.17) is 0 Å². The molecule has 0 unspecified atom stereocenters. The monoisotopic (exact) mass is 314 g/mol. The van der Waals surface area contributed by atoms with Crippen molar-refractivity contribution >= 4 is 0 Å². The van der Waals surface area contributed by atoms with Crippen LogP contribution in [0, 0.1) is 40.4 Å². The summed E-state index contributed by atoms with van der Waals surface area (Å²) in [7, 11) is 0. The normalized spacial score (nSPS) is 58.0.